The summed E-state index contributed by atoms with van der Waals surface area (Å²) in [5.41, 5.74) is 2.17. The zero-order valence-electron chi connectivity index (χ0n) is 22.5. The van der Waals surface area contributed by atoms with E-state index in [1.807, 2.05) is 12.2 Å². The van der Waals surface area contributed by atoms with E-state index in [1.165, 1.54) is 31.4 Å². The van der Waals surface area contributed by atoms with Crippen molar-refractivity contribution in [2.24, 2.45) is 5.92 Å². The number of hydrogen-bond acceptors (Lipinski definition) is 1. The van der Waals surface area contributed by atoms with Gasteiger partial charge < -0.3 is 4.74 Å². The number of allylic oxidation sites excluding steroid dienone is 3. The molecule has 1 nitrogen and oxygen atoms in total. The lowest BCUT2D eigenvalue weighted by molar-refractivity contribution is 0.285. The Labute approximate surface area is 229 Å². The van der Waals surface area contributed by atoms with Crippen molar-refractivity contribution in [2.45, 2.75) is 64.7 Å². The van der Waals surface area contributed by atoms with E-state index in [9.17, 15) is 8.78 Å². The molecular weight excluding hydrogens is 500 g/mol. The van der Waals surface area contributed by atoms with Crippen LogP contribution in [-0.4, -0.2) is 6.61 Å². The van der Waals surface area contributed by atoms with Crippen LogP contribution in [0.15, 0.2) is 67.3 Å². The molecule has 1 atom stereocenters. The second-order valence-corrected chi connectivity index (χ2v) is 10.2. The van der Waals surface area contributed by atoms with Crippen LogP contribution in [0, 0.1) is 29.2 Å². The molecule has 3 aromatic rings. The quantitative estimate of drug-likeness (QED) is 0.127. The van der Waals surface area contributed by atoms with Crippen LogP contribution in [0.25, 0.3) is 27.8 Å². The van der Waals surface area contributed by atoms with Gasteiger partial charge in [-0.3, -0.25) is 0 Å². The summed E-state index contributed by atoms with van der Waals surface area (Å²) in [7, 11) is 0. The van der Waals surface area contributed by atoms with Crippen LogP contribution in [0.2, 0.25) is 0 Å². The summed E-state index contributed by atoms with van der Waals surface area (Å²) >= 11 is 0. The summed E-state index contributed by atoms with van der Waals surface area (Å²) in [4.78, 5) is 0. The second-order valence-electron chi connectivity index (χ2n) is 10.2. The Bertz CT molecular complexity index is 1310. The Morgan fingerprint density at radius 3 is 1.92 bits per heavy atom. The highest BCUT2D eigenvalue weighted by atomic mass is 19.2. The van der Waals surface area contributed by atoms with E-state index in [4.69, 9.17) is 4.74 Å². The maximum absolute atomic E-state index is 15.1. The first-order valence-corrected chi connectivity index (χ1v) is 14.0. The van der Waals surface area contributed by atoms with Gasteiger partial charge in [0.2, 0.25) is 5.82 Å². The summed E-state index contributed by atoms with van der Waals surface area (Å²) in [5.74, 6) is -3.55. The maximum atomic E-state index is 15.1. The third kappa shape index (κ3) is 6.81. The summed E-state index contributed by atoms with van der Waals surface area (Å²) < 4.78 is 65.2. The minimum Gasteiger partial charge on any atom is -0.490 e. The molecule has 0 heterocycles. The molecule has 39 heavy (non-hydrogen) atoms. The molecule has 0 spiro atoms. The zero-order chi connectivity index (χ0) is 27.8. The van der Waals surface area contributed by atoms with Crippen molar-refractivity contribution in [1.29, 1.82) is 0 Å². The van der Waals surface area contributed by atoms with E-state index in [0.29, 0.717) is 30.1 Å². The van der Waals surface area contributed by atoms with Crippen molar-refractivity contribution >= 4 is 5.57 Å². The molecule has 0 N–H and O–H groups in total. The van der Waals surface area contributed by atoms with Crippen molar-refractivity contribution in [1.82, 2.24) is 0 Å². The van der Waals surface area contributed by atoms with Crippen LogP contribution in [0.3, 0.4) is 0 Å². The number of hydrogen-bond donors (Lipinski definition) is 0. The standard InChI is InChI=1S/C34H36F4O/c1-3-5-6-7-8-9-22-39-30-21-20-29(33(37)34(30)38)26-16-14-25(15-17-26)28-19-18-27(31(35)32(28)36)24-12-10-23(4-2)11-13-24/h4,12,14-21,23H,2-3,5-11,13,22H2,1H3. The summed E-state index contributed by atoms with van der Waals surface area (Å²) in [5, 5.41) is 0. The van der Waals surface area contributed by atoms with Crippen LogP contribution in [0.4, 0.5) is 17.6 Å². The van der Waals surface area contributed by atoms with Crippen LogP contribution in [0.1, 0.15) is 70.3 Å². The van der Waals surface area contributed by atoms with Gasteiger partial charge >= 0.3 is 0 Å². The van der Waals surface area contributed by atoms with Crippen molar-refractivity contribution in [3.05, 3.63) is 96.1 Å². The number of benzene rings is 3. The molecule has 0 saturated carbocycles. The lowest BCUT2D eigenvalue weighted by Crippen LogP contribution is -2.04. The molecule has 0 aromatic heterocycles. The van der Waals surface area contributed by atoms with E-state index in [1.54, 1.807) is 36.4 Å². The van der Waals surface area contributed by atoms with E-state index >= 15 is 8.78 Å². The molecule has 4 rings (SSSR count). The largest absolute Gasteiger partial charge is 0.490 e. The molecule has 0 radical (unpaired) electrons. The van der Waals surface area contributed by atoms with Crippen molar-refractivity contribution in [3.63, 3.8) is 0 Å². The van der Waals surface area contributed by atoms with Crippen molar-refractivity contribution < 1.29 is 22.3 Å². The van der Waals surface area contributed by atoms with Crippen molar-refractivity contribution in [3.8, 4) is 28.0 Å². The van der Waals surface area contributed by atoms with E-state index in [2.05, 4.69) is 13.5 Å². The Morgan fingerprint density at radius 1 is 0.744 bits per heavy atom. The molecule has 0 saturated heterocycles. The van der Waals surface area contributed by atoms with Crippen LogP contribution in [-0.2, 0) is 0 Å². The first-order valence-electron chi connectivity index (χ1n) is 14.0. The van der Waals surface area contributed by atoms with Gasteiger partial charge in [0.1, 0.15) is 0 Å². The van der Waals surface area contributed by atoms with E-state index < -0.39 is 23.3 Å². The van der Waals surface area contributed by atoms with Gasteiger partial charge in [0.05, 0.1) is 6.61 Å². The predicted octanol–water partition coefficient (Wildman–Crippen LogP) is 10.7. The molecular formula is C34H36F4O. The SMILES string of the molecule is C=CC1CC=C(c2ccc(-c3ccc(-c4ccc(OCCCCCCCC)c(F)c4F)cc3)c(F)c2F)CC1. The Morgan fingerprint density at radius 2 is 1.31 bits per heavy atom. The third-order valence-electron chi connectivity index (χ3n) is 7.52. The molecule has 1 aliphatic rings. The van der Waals surface area contributed by atoms with Gasteiger partial charge in [-0.25, -0.2) is 13.2 Å². The lowest BCUT2D eigenvalue weighted by Gasteiger charge is -2.20. The van der Waals surface area contributed by atoms with Gasteiger partial charge in [-0.2, -0.15) is 4.39 Å². The molecule has 3 aromatic carbocycles. The molecule has 1 aliphatic carbocycles. The number of rotatable bonds is 12. The number of unbranched alkanes of at least 4 members (excludes halogenated alkanes) is 5. The van der Waals surface area contributed by atoms with Gasteiger partial charge in [0, 0.05) is 16.7 Å². The Balaban J connectivity index is 1.45. The number of halogens is 4. The summed E-state index contributed by atoms with van der Waals surface area (Å²) in [6.45, 7) is 6.31. The van der Waals surface area contributed by atoms with E-state index in [0.717, 1.165) is 37.7 Å². The summed E-state index contributed by atoms with van der Waals surface area (Å²) in [6.07, 6.45) is 12.6. The summed E-state index contributed by atoms with van der Waals surface area (Å²) in [6, 6.07) is 12.4. The average Bonchev–Trinajstić information content (AvgIpc) is 2.96. The maximum Gasteiger partial charge on any atom is 0.201 e. The molecule has 1 unspecified atom stereocenters. The van der Waals surface area contributed by atoms with Crippen molar-refractivity contribution in [2.75, 3.05) is 6.61 Å². The minimum atomic E-state index is -1.03. The van der Waals surface area contributed by atoms with Gasteiger partial charge in [0.25, 0.3) is 0 Å². The fraction of sp³-hybridized carbons (Fsp3) is 0.353. The molecule has 206 valence electrons. The van der Waals surface area contributed by atoms with Gasteiger partial charge in [-0.05, 0) is 60.4 Å². The smallest absolute Gasteiger partial charge is 0.201 e. The second kappa shape index (κ2) is 13.6. The van der Waals surface area contributed by atoms with Gasteiger partial charge in [-0.1, -0.05) is 87.6 Å². The highest BCUT2D eigenvalue weighted by molar-refractivity contribution is 5.74. The first kappa shape index (κ1) is 28.7. The fourth-order valence-electron chi connectivity index (χ4n) is 5.09. The minimum absolute atomic E-state index is 0.0787. The topological polar surface area (TPSA) is 9.23 Å². The molecule has 0 bridgehead atoms. The lowest BCUT2D eigenvalue weighted by atomic mass is 9.86. The highest BCUT2D eigenvalue weighted by Crippen LogP contribution is 2.36. The first-order chi connectivity index (χ1) is 18.9. The Kier molecular flexibility index (Phi) is 10.0. The Hall–Kier alpha value is -3.34. The molecule has 0 amide bonds. The normalized spacial score (nSPS) is 15.2. The fourth-order valence-corrected chi connectivity index (χ4v) is 5.09. The predicted molar refractivity (Wildman–Crippen MR) is 152 cm³/mol. The van der Waals surface area contributed by atoms with Gasteiger partial charge in [0.15, 0.2) is 23.2 Å². The van der Waals surface area contributed by atoms with Crippen LogP contribution in [0.5, 0.6) is 5.75 Å². The van der Waals surface area contributed by atoms with E-state index in [-0.39, 0.29) is 22.4 Å². The van der Waals surface area contributed by atoms with Crippen LogP contribution >= 0.6 is 0 Å². The molecule has 5 heteroatoms. The highest BCUT2D eigenvalue weighted by Gasteiger charge is 2.21. The van der Waals surface area contributed by atoms with Crippen LogP contribution < -0.4 is 4.74 Å². The van der Waals surface area contributed by atoms with Gasteiger partial charge in [-0.15, -0.1) is 6.58 Å². The number of ether oxygens (including phenoxy) is 1. The molecule has 0 fully saturated rings. The zero-order valence-corrected chi connectivity index (χ0v) is 22.5. The molecule has 0 aliphatic heterocycles. The monoisotopic (exact) mass is 536 g/mol. The third-order valence-corrected chi connectivity index (χ3v) is 7.52. The average molecular weight is 537 g/mol.